The average Bonchev–Trinajstić information content (AvgIpc) is 3.72. The molecule has 1 N–H and O–H groups in total. The van der Waals surface area contributed by atoms with Crippen LogP contribution in [0.15, 0.2) is 176 Å². The zero-order valence-corrected chi connectivity index (χ0v) is 44.6. The van der Waals surface area contributed by atoms with E-state index < -0.39 is 0 Å². The molecule has 0 fully saturated rings. The summed E-state index contributed by atoms with van der Waals surface area (Å²) in [5.41, 5.74) is 16.6. The zero-order chi connectivity index (χ0) is 49.0. The minimum Gasteiger partial charge on any atom is -0.507 e. The average molecular weight is 1100 g/mol. The van der Waals surface area contributed by atoms with Crippen LogP contribution in [0, 0.1) is 6.07 Å². The van der Waals surface area contributed by atoms with Crippen molar-refractivity contribution in [3.8, 4) is 56.3 Å². The van der Waals surface area contributed by atoms with Crippen LogP contribution in [0.5, 0.6) is 5.75 Å². The van der Waals surface area contributed by atoms with Gasteiger partial charge in [0.25, 0.3) is 0 Å². The fourth-order valence-corrected chi connectivity index (χ4v) is 9.48. The molecular weight excluding hydrogens is 1040 g/mol. The quantitative estimate of drug-likeness (QED) is 0.116. The van der Waals surface area contributed by atoms with Crippen molar-refractivity contribution in [1.82, 2.24) is 14.5 Å². The molecule has 70 heavy (non-hydrogen) atoms. The van der Waals surface area contributed by atoms with Gasteiger partial charge in [-0.05, 0) is 116 Å². The van der Waals surface area contributed by atoms with E-state index in [9.17, 15) is 5.11 Å². The number of hydrogen-bond acceptors (Lipinski definition) is 4. The van der Waals surface area contributed by atoms with Gasteiger partial charge >= 0.3 is 0 Å². The zero-order valence-electron chi connectivity index (χ0n) is 42.3. The van der Waals surface area contributed by atoms with Crippen molar-refractivity contribution in [2.45, 2.75) is 85.5 Å². The first kappa shape index (κ1) is 49.6. The van der Waals surface area contributed by atoms with Crippen LogP contribution in [0.25, 0.3) is 78.0 Å². The van der Waals surface area contributed by atoms with Crippen LogP contribution >= 0.6 is 0 Å². The minimum absolute atomic E-state index is 0. The van der Waals surface area contributed by atoms with Crippen LogP contribution in [0.1, 0.15) is 91.5 Å². The second-order valence-corrected chi connectivity index (χ2v) is 21.4. The number of anilines is 1. The number of hydrogen-bond donors (Lipinski definition) is 1. The number of fused-ring (bicyclic) bond motifs is 2. The van der Waals surface area contributed by atoms with Crippen LogP contribution in [0.2, 0.25) is 0 Å². The molecule has 0 saturated carbocycles. The Bertz CT molecular complexity index is 3430. The molecule has 9 aromatic rings. The third-order valence-electron chi connectivity index (χ3n) is 13.5. The number of aromatic hydroxyl groups is 1. The van der Waals surface area contributed by atoms with Gasteiger partial charge in [-0.3, -0.25) is 9.55 Å². The molecule has 0 aliphatic rings. The normalized spacial score (nSPS) is 12.4. The van der Waals surface area contributed by atoms with Crippen molar-refractivity contribution in [3.05, 3.63) is 205 Å². The van der Waals surface area contributed by atoms with Crippen molar-refractivity contribution >= 4 is 33.1 Å². The van der Waals surface area contributed by atoms with Crippen molar-refractivity contribution in [1.29, 1.82) is 0 Å². The first-order valence-corrected chi connectivity index (χ1v) is 24.0. The largest absolute Gasteiger partial charge is 0.507 e. The maximum atomic E-state index is 12.3. The van der Waals surface area contributed by atoms with E-state index in [0.29, 0.717) is 11.4 Å². The summed E-state index contributed by atoms with van der Waals surface area (Å²) in [6.45, 7) is 26.6. The Labute approximate surface area is 429 Å². The predicted octanol–water partition coefficient (Wildman–Crippen LogP) is 16.7. The number of rotatable bonds is 9. The summed E-state index contributed by atoms with van der Waals surface area (Å²) < 4.78 is 2.16. The molecule has 0 spiro atoms. The number of nitrogens with zero attached hydrogens (tertiary/aromatic N) is 4. The first-order chi connectivity index (χ1) is 32.8. The Kier molecular flexibility index (Phi) is 13.6. The number of imidazole rings is 1. The van der Waals surface area contributed by atoms with Gasteiger partial charge in [0, 0.05) is 57.1 Å². The number of phenols is 1. The molecule has 0 radical (unpaired) electrons. The molecule has 0 aliphatic heterocycles. The molecule has 6 heteroatoms. The van der Waals surface area contributed by atoms with Gasteiger partial charge in [0.1, 0.15) is 11.6 Å². The molecule has 2 aromatic heterocycles. The van der Waals surface area contributed by atoms with Crippen LogP contribution in [0.4, 0.5) is 5.69 Å². The summed E-state index contributed by atoms with van der Waals surface area (Å²) in [6.07, 6.45) is 3.80. The monoisotopic (exact) mass is 1100 g/mol. The molecule has 0 atom stereocenters. The Balaban J connectivity index is 0.00000659. The Morgan fingerprint density at radius 3 is 2.01 bits per heavy atom. The molecule has 7 aromatic carbocycles. The summed E-state index contributed by atoms with van der Waals surface area (Å²) in [5, 5.41) is 14.7. The molecule has 356 valence electrons. The van der Waals surface area contributed by atoms with E-state index in [1.165, 1.54) is 21.9 Å². The van der Waals surface area contributed by atoms with Gasteiger partial charge in [-0.1, -0.05) is 177 Å². The molecule has 5 nitrogen and oxygen atoms in total. The number of allylic oxidation sites excluding steroid dienone is 3. The standard InChI is InChI=1S/C64H63N4O.Pt/c1-13-51(41(2)67(12)49-21-16-14-17-22-49)43-33-34-65-56(39-43)46-35-45(37-48(38-46)63(6,7)8)53-25-20-26-57-60(53)66-61(68(57)50-23-18-15-19-24-50)54-30-27-44(40-58(54)69)59-52-31-29-47(62(3,4)5)36-42(52)28-32-55(59)64(9,10)11;/h13-34,36-40,69H,1H2,2-12H3;/q-1;/b51-41-;. The number of para-hydroxylation sites is 3. The number of pyridine rings is 1. The summed E-state index contributed by atoms with van der Waals surface area (Å²) >= 11 is 0. The summed E-state index contributed by atoms with van der Waals surface area (Å²) in [7, 11) is 2.08. The van der Waals surface area contributed by atoms with Crippen molar-refractivity contribution in [3.63, 3.8) is 0 Å². The molecule has 0 saturated heterocycles. The molecule has 0 bridgehead atoms. The van der Waals surface area contributed by atoms with Crippen LogP contribution < -0.4 is 4.90 Å². The minimum atomic E-state index is -0.181. The fraction of sp³-hybridized carbons (Fsp3) is 0.219. The van der Waals surface area contributed by atoms with Gasteiger partial charge in [0.05, 0.1) is 16.6 Å². The number of benzene rings is 7. The van der Waals surface area contributed by atoms with Gasteiger partial charge in [0.2, 0.25) is 0 Å². The van der Waals surface area contributed by atoms with Crippen LogP contribution in [-0.2, 0) is 37.3 Å². The number of aromatic nitrogens is 3. The van der Waals surface area contributed by atoms with Crippen LogP contribution in [0.3, 0.4) is 0 Å². The van der Waals surface area contributed by atoms with E-state index >= 15 is 0 Å². The van der Waals surface area contributed by atoms with E-state index in [0.717, 1.165) is 78.3 Å². The first-order valence-electron chi connectivity index (χ1n) is 24.0. The van der Waals surface area contributed by atoms with E-state index in [2.05, 4.69) is 208 Å². The van der Waals surface area contributed by atoms with Gasteiger partial charge < -0.3 is 10.0 Å². The van der Waals surface area contributed by atoms with Crippen molar-refractivity contribution in [2.24, 2.45) is 0 Å². The second kappa shape index (κ2) is 19.2. The fourth-order valence-electron chi connectivity index (χ4n) is 9.48. The maximum absolute atomic E-state index is 12.3. The van der Waals surface area contributed by atoms with Crippen molar-refractivity contribution in [2.75, 3.05) is 11.9 Å². The molecular formula is C64H63N4OPt-. The SMILES string of the molecule is C=C/C(=C(\C)N(C)c1ccccc1)c1ccnc(-c2[c-]c(-c3cccc4c3nc(-c3ccc(-c5c(C(C)(C)C)ccc6cc(C(C)(C)C)ccc56)cc3O)n4-c3ccccc3)cc(C(C)(C)C)c2)c1.[Pt]. The van der Waals surface area contributed by atoms with E-state index in [1.54, 1.807) is 0 Å². The van der Waals surface area contributed by atoms with Crippen LogP contribution in [-0.4, -0.2) is 26.7 Å². The summed E-state index contributed by atoms with van der Waals surface area (Å²) in [5.74, 6) is 0.815. The van der Waals surface area contributed by atoms with Gasteiger partial charge in [-0.15, -0.1) is 29.3 Å². The smallest absolute Gasteiger partial charge is 0.148 e. The molecule has 0 amide bonds. The van der Waals surface area contributed by atoms with E-state index in [4.69, 9.17) is 9.97 Å². The predicted molar refractivity (Wildman–Crippen MR) is 292 cm³/mol. The Morgan fingerprint density at radius 2 is 1.36 bits per heavy atom. The topological polar surface area (TPSA) is 54.2 Å². The third kappa shape index (κ3) is 9.57. The molecule has 2 heterocycles. The van der Waals surface area contributed by atoms with Gasteiger partial charge in [0.15, 0.2) is 0 Å². The van der Waals surface area contributed by atoms with Gasteiger partial charge in [-0.2, -0.15) is 0 Å². The Hall–Kier alpha value is -6.81. The van der Waals surface area contributed by atoms with Crippen molar-refractivity contribution < 1.29 is 26.2 Å². The summed E-state index contributed by atoms with van der Waals surface area (Å²) in [4.78, 5) is 12.6. The molecule has 0 aliphatic carbocycles. The van der Waals surface area contributed by atoms with E-state index in [1.807, 2.05) is 54.7 Å². The molecule has 0 unspecified atom stereocenters. The maximum Gasteiger partial charge on any atom is 0.148 e. The van der Waals surface area contributed by atoms with Gasteiger partial charge in [-0.25, -0.2) is 4.98 Å². The second-order valence-electron chi connectivity index (χ2n) is 21.4. The summed E-state index contributed by atoms with van der Waals surface area (Å²) in [6, 6.07) is 56.9. The number of phenolic OH excluding ortho intramolecular Hbond substituents is 1. The third-order valence-corrected chi connectivity index (χ3v) is 13.5. The Morgan fingerprint density at radius 1 is 0.671 bits per heavy atom. The molecule has 9 rings (SSSR count). The van der Waals surface area contributed by atoms with E-state index in [-0.39, 0.29) is 43.1 Å².